The Bertz CT molecular complexity index is 1190. The molecule has 1 heterocycles. The number of nitrogens with zero attached hydrogens (tertiary/aromatic N) is 3. The first kappa shape index (κ1) is 28.0. The van der Waals surface area contributed by atoms with Gasteiger partial charge in [0.1, 0.15) is 22.8 Å². The van der Waals surface area contributed by atoms with Crippen molar-refractivity contribution in [2.75, 3.05) is 65.4 Å². The fraction of sp³-hybridized carbons (Fsp3) is 0.367. The summed E-state index contributed by atoms with van der Waals surface area (Å²) in [5, 5.41) is 0. The highest BCUT2D eigenvalue weighted by atomic mass is 79.9. The van der Waals surface area contributed by atoms with E-state index >= 15 is 0 Å². The van der Waals surface area contributed by atoms with Gasteiger partial charge in [-0.3, -0.25) is 4.90 Å². The van der Waals surface area contributed by atoms with E-state index in [2.05, 4.69) is 69.0 Å². The van der Waals surface area contributed by atoms with Crippen molar-refractivity contribution in [3.63, 3.8) is 0 Å². The van der Waals surface area contributed by atoms with Crippen LogP contribution in [0.2, 0.25) is 0 Å². The van der Waals surface area contributed by atoms with E-state index < -0.39 is 5.97 Å². The van der Waals surface area contributed by atoms with Crippen LogP contribution in [0.3, 0.4) is 0 Å². The Morgan fingerprint density at radius 2 is 1.66 bits per heavy atom. The fourth-order valence-electron chi connectivity index (χ4n) is 4.42. The predicted octanol–water partition coefficient (Wildman–Crippen LogP) is 5.68. The molecule has 0 aliphatic carbocycles. The number of methoxy groups -OCH3 is 1. The lowest BCUT2D eigenvalue weighted by Gasteiger charge is -2.36. The number of anilines is 1. The minimum Gasteiger partial charge on any atom is -0.494 e. The van der Waals surface area contributed by atoms with Crippen molar-refractivity contribution < 1.29 is 19.0 Å². The third kappa shape index (κ3) is 7.72. The SMILES string of the molecule is COC(=O)c1ccccc1Oc1ccc(N2CCN(Cc3cc(OCCCN(C)C)ccc3Br)CC2)cc1. The molecule has 0 amide bonds. The molecule has 0 N–H and O–H groups in total. The largest absolute Gasteiger partial charge is 0.494 e. The highest BCUT2D eigenvalue weighted by Crippen LogP contribution is 2.29. The van der Waals surface area contributed by atoms with Gasteiger partial charge in [-0.25, -0.2) is 4.79 Å². The van der Waals surface area contributed by atoms with Gasteiger partial charge in [0.25, 0.3) is 0 Å². The molecule has 8 heteroatoms. The summed E-state index contributed by atoms with van der Waals surface area (Å²) >= 11 is 3.72. The van der Waals surface area contributed by atoms with Crippen molar-refractivity contribution in [2.24, 2.45) is 0 Å². The third-order valence-electron chi connectivity index (χ3n) is 6.52. The summed E-state index contributed by atoms with van der Waals surface area (Å²) in [6, 6.07) is 21.4. The summed E-state index contributed by atoms with van der Waals surface area (Å²) in [5.41, 5.74) is 2.81. The molecule has 7 nitrogen and oxygen atoms in total. The number of hydrogen-bond donors (Lipinski definition) is 0. The van der Waals surface area contributed by atoms with Crippen LogP contribution in [0.25, 0.3) is 0 Å². The van der Waals surface area contributed by atoms with Crippen molar-refractivity contribution in [1.29, 1.82) is 0 Å². The van der Waals surface area contributed by atoms with E-state index in [9.17, 15) is 4.79 Å². The van der Waals surface area contributed by atoms with Crippen LogP contribution in [-0.4, -0.2) is 76.3 Å². The second-order valence-corrected chi connectivity index (χ2v) is 10.5. The van der Waals surface area contributed by atoms with Gasteiger partial charge in [-0.2, -0.15) is 0 Å². The summed E-state index contributed by atoms with van der Waals surface area (Å²) in [4.78, 5) is 19.1. The highest BCUT2D eigenvalue weighted by molar-refractivity contribution is 9.10. The second-order valence-electron chi connectivity index (χ2n) is 9.61. The van der Waals surface area contributed by atoms with E-state index in [1.54, 1.807) is 18.2 Å². The molecule has 0 unspecified atom stereocenters. The number of carbonyl (C=O) groups is 1. The zero-order valence-electron chi connectivity index (χ0n) is 22.4. The first-order valence-corrected chi connectivity index (χ1v) is 13.7. The normalized spacial score (nSPS) is 14.0. The van der Waals surface area contributed by atoms with Crippen LogP contribution in [-0.2, 0) is 11.3 Å². The van der Waals surface area contributed by atoms with E-state index in [0.717, 1.165) is 68.2 Å². The highest BCUT2D eigenvalue weighted by Gasteiger charge is 2.19. The summed E-state index contributed by atoms with van der Waals surface area (Å²) < 4.78 is 17.9. The minimum atomic E-state index is -0.415. The van der Waals surface area contributed by atoms with Crippen LogP contribution < -0.4 is 14.4 Å². The van der Waals surface area contributed by atoms with Gasteiger partial charge in [-0.05, 0) is 80.7 Å². The Kier molecular flexibility index (Phi) is 10.0. The Balaban J connectivity index is 1.29. The Labute approximate surface area is 234 Å². The van der Waals surface area contributed by atoms with Gasteiger partial charge < -0.3 is 24.0 Å². The third-order valence-corrected chi connectivity index (χ3v) is 7.30. The molecule has 202 valence electrons. The standard InChI is InChI=1S/C30H36BrN3O4/c1-32(2)15-6-20-37-26-13-14-28(31)23(21-26)22-33-16-18-34(19-17-33)24-9-11-25(12-10-24)38-29-8-5-4-7-27(29)30(35)36-3/h4-5,7-14,21H,6,15-20,22H2,1-3H3. The van der Waals surface area contributed by atoms with E-state index in [-0.39, 0.29) is 0 Å². The van der Waals surface area contributed by atoms with Gasteiger partial charge in [0, 0.05) is 49.4 Å². The monoisotopic (exact) mass is 581 g/mol. The lowest BCUT2D eigenvalue weighted by atomic mass is 10.1. The molecule has 1 fully saturated rings. The Hall–Kier alpha value is -3.07. The number of ether oxygens (including phenoxy) is 3. The quantitative estimate of drug-likeness (QED) is 0.213. The maximum atomic E-state index is 12.0. The smallest absolute Gasteiger partial charge is 0.341 e. The summed E-state index contributed by atoms with van der Waals surface area (Å²) in [5.74, 6) is 1.67. The van der Waals surface area contributed by atoms with Gasteiger partial charge in [0.2, 0.25) is 0 Å². The molecule has 4 rings (SSSR count). The van der Waals surface area contributed by atoms with Gasteiger partial charge in [-0.1, -0.05) is 28.1 Å². The van der Waals surface area contributed by atoms with Crippen LogP contribution in [0.1, 0.15) is 22.3 Å². The van der Waals surface area contributed by atoms with E-state index in [0.29, 0.717) is 17.1 Å². The van der Waals surface area contributed by atoms with Crippen LogP contribution in [0.4, 0.5) is 5.69 Å². The van der Waals surface area contributed by atoms with Gasteiger partial charge in [0.15, 0.2) is 0 Å². The number of benzene rings is 3. The summed E-state index contributed by atoms with van der Waals surface area (Å²) in [6.07, 6.45) is 1.01. The topological polar surface area (TPSA) is 54.5 Å². The lowest BCUT2D eigenvalue weighted by molar-refractivity contribution is 0.0598. The predicted molar refractivity (Wildman–Crippen MR) is 155 cm³/mol. The first-order chi connectivity index (χ1) is 18.4. The molecule has 0 radical (unpaired) electrons. The number of esters is 1. The molecule has 0 saturated carbocycles. The van der Waals surface area contributed by atoms with Crippen molar-refractivity contribution in [3.8, 4) is 17.2 Å². The zero-order valence-corrected chi connectivity index (χ0v) is 23.9. The van der Waals surface area contributed by atoms with Crippen molar-refractivity contribution in [1.82, 2.24) is 9.80 Å². The molecule has 38 heavy (non-hydrogen) atoms. The number of rotatable bonds is 11. The van der Waals surface area contributed by atoms with Gasteiger partial charge >= 0.3 is 5.97 Å². The summed E-state index contributed by atoms with van der Waals surface area (Å²) in [7, 11) is 5.53. The molecule has 3 aromatic carbocycles. The van der Waals surface area contributed by atoms with Crippen LogP contribution in [0, 0.1) is 0 Å². The van der Waals surface area contributed by atoms with E-state index in [1.165, 1.54) is 12.7 Å². The minimum absolute atomic E-state index is 0.406. The average molecular weight is 583 g/mol. The molecular weight excluding hydrogens is 546 g/mol. The van der Waals surface area contributed by atoms with Gasteiger partial charge in [-0.15, -0.1) is 0 Å². The van der Waals surface area contributed by atoms with E-state index in [1.807, 2.05) is 24.3 Å². The number of para-hydroxylation sites is 1. The number of carbonyl (C=O) groups excluding carboxylic acids is 1. The Morgan fingerprint density at radius 1 is 0.947 bits per heavy atom. The maximum absolute atomic E-state index is 12.0. The van der Waals surface area contributed by atoms with Crippen molar-refractivity contribution in [3.05, 3.63) is 82.3 Å². The molecule has 3 aromatic rings. The number of hydrogen-bond acceptors (Lipinski definition) is 7. The van der Waals surface area contributed by atoms with Crippen molar-refractivity contribution in [2.45, 2.75) is 13.0 Å². The molecular formula is C30H36BrN3O4. The maximum Gasteiger partial charge on any atom is 0.341 e. The number of piperazine rings is 1. The van der Waals surface area contributed by atoms with Gasteiger partial charge in [0.05, 0.1) is 13.7 Å². The van der Waals surface area contributed by atoms with Crippen LogP contribution in [0.5, 0.6) is 17.2 Å². The average Bonchev–Trinajstić information content (AvgIpc) is 2.93. The fourth-order valence-corrected chi connectivity index (χ4v) is 4.80. The van der Waals surface area contributed by atoms with E-state index in [4.69, 9.17) is 14.2 Å². The summed E-state index contributed by atoms with van der Waals surface area (Å²) in [6.45, 7) is 6.48. The lowest BCUT2D eigenvalue weighted by Crippen LogP contribution is -2.46. The Morgan fingerprint density at radius 3 is 2.37 bits per heavy atom. The van der Waals surface area contributed by atoms with Crippen molar-refractivity contribution >= 4 is 27.6 Å². The molecule has 1 saturated heterocycles. The molecule has 0 atom stereocenters. The zero-order chi connectivity index (χ0) is 26.9. The van der Waals surface area contributed by atoms with Crippen LogP contribution in [0.15, 0.2) is 71.2 Å². The second kappa shape index (κ2) is 13.6. The number of halogens is 1. The molecule has 1 aliphatic heterocycles. The molecule has 0 spiro atoms. The van der Waals surface area contributed by atoms with Crippen LogP contribution >= 0.6 is 15.9 Å². The molecule has 1 aliphatic rings. The molecule has 0 aromatic heterocycles. The molecule has 0 bridgehead atoms. The first-order valence-electron chi connectivity index (χ1n) is 12.9.